The zero-order chi connectivity index (χ0) is 27.5. The van der Waals surface area contributed by atoms with Crippen LogP contribution in [0.3, 0.4) is 0 Å². The molecule has 0 aromatic heterocycles. The van der Waals surface area contributed by atoms with Gasteiger partial charge in [0.25, 0.3) is 0 Å². The Kier molecular flexibility index (Phi) is 10.6. The third-order valence-electron chi connectivity index (χ3n) is 6.41. The van der Waals surface area contributed by atoms with Gasteiger partial charge in [0, 0.05) is 13.8 Å². The Hall–Kier alpha value is -3.56. The fraction of sp³-hybridized carbons (Fsp3) is 0.355. The maximum atomic E-state index is 12.2. The molecule has 1 fully saturated rings. The Morgan fingerprint density at radius 2 is 1.10 bits per heavy atom. The van der Waals surface area contributed by atoms with Gasteiger partial charge in [0.15, 0.2) is 6.10 Å². The maximum Gasteiger partial charge on any atom is 0.303 e. The van der Waals surface area contributed by atoms with Gasteiger partial charge in [-0.15, -0.1) is 0 Å². The third kappa shape index (κ3) is 8.73. The average Bonchev–Trinajstić information content (AvgIpc) is 2.94. The monoisotopic (exact) mass is 533 g/mol. The number of ether oxygens (including phenoxy) is 4. The van der Waals surface area contributed by atoms with Crippen LogP contribution < -0.4 is 5.48 Å². The van der Waals surface area contributed by atoms with Gasteiger partial charge in [-0.1, -0.05) is 91.0 Å². The van der Waals surface area contributed by atoms with E-state index < -0.39 is 42.4 Å². The van der Waals surface area contributed by atoms with Crippen LogP contribution in [0.4, 0.5) is 0 Å². The zero-order valence-electron chi connectivity index (χ0n) is 22.2. The van der Waals surface area contributed by atoms with Gasteiger partial charge in [0.1, 0.15) is 12.2 Å². The van der Waals surface area contributed by atoms with Gasteiger partial charge in [-0.05, 0) is 23.1 Å². The van der Waals surface area contributed by atoms with Crippen molar-refractivity contribution in [1.29, 1.82) is 0 Å². The lowest BCUT2D eigenvalue weighted by Gasteiger charge is -2.45. The van der Waals surface area contributed by atoms with Crippen molar-refractivity contribution >= 4 is 11.9 Å². The summed E-state index contributed by atoms with van der Waals surface area (Å²) in [4.78, 5) is 30.3. The summed E-state index contributed by atoms with van der Waals surface area (Å²) in [5.74, 6) is -0.955. The van der Waals surface area contributed by atoms with E-state index in [1.165, 1.54) is 13.8 Å². The number of rotatable bonds is 12. The lowest BCUT2D eigenvalue weighted by Crippen LogP contribution is -2.63. The Morgan fingerprint density at radius 3 is 1.62 bits per heavy atom. The van der Waals surface area contributed by atoms with E-state index >= 15 is 0 Å². The molecule has 1 saturated carbocycles. The van der Waals surface area contributed by atoms with E-state index in [0.717, 1.165) is 16.7 Å². The van der Waals surface area contributed by atoms with E-state index in [1.807, 2.05) is 91.0 Å². The molecule has 8 nitrogen and oxygen atoms in total. The molecule has 8 heteroatoms. The van der Waals surface area contributed by atoms with Crippen LogP contribution in [-0.2, 0) is 53.2 Å². The SMILES string of the molecule is CC(=O)O[C@@H]1[C@@H](OCc2ccccc2)[C@H](OC(C)=O)[C@H](OCc2ccccc2)C[C@@H]1NOCc1ccccc1. The summed E-state index contributed by atoms with van der Waals surface area (Å²) >= 11 is 0. The van der Waals surface area contributed by atoms with Crippen molar-refractivity contribution in [2.75, 3.05) is 0 Å². The predicted octanol–water partition coefficient (Wildman–Crippen LogP) is 4.51. The fourth-order valence-electron chi connectivity index (χ4n) is 4.64. The second kappa shape index (κ2) is 14.6. The summed E-state index contributed by atoms with van der Waals surface area (Å²) in [6.45, 7) is 3.53. The highest BCUT2D eigenvalue weighted by Gasteiger charge is 2.50. The Balaban J connectivity index is 1.58. The summed E-state index contributed by atoms with van der Waals surface area (Å²) in [5, 5.41) is 0. The maximum absolute atomic E-state index is 12.2. The van der Waals surface area contributed by atoms with E-state index in [-0.39, 0.29) is 6.61 Å². The molecule has 1 aliphatic rings. The lowest BCUT2D eigenvalue weighted by atomic mass is 9.85. The van der Waals surface area contributed by atoms with Crippen molar-refractivity contribution in [3.05, 3.63) is 108 Å². The molecule has 5 atom stereocenters. The minimum Gasteiger partial charge on any atom is -0.458 e. The first kappa shape index (κ1) is 28.4. The normalized spacial score (nSPS) is 22.7. The highest BCUT2D eigenvalue weighted by Crippen LogP contribution is 2.31. The second-order valence-electron chi connectivity index (χ2n) is 9.48. The minimum atomic E-state index is -0.814. The van der Waals surface area contributed by atoms with Gasteiger partial charge in [-0.2, -0.15) is 5.48 Å². The zero-order valence-corrected chi connectivity index (χ0v) is 22.2. The molecule has 0 saturated heterocycles. The number of benzene rings is 3. The molecule has 0 amide bonds. The molecule has 0 spiro atoms. The number of carbonyl (C=O) groups excluding carboxylic acids is 2. The van der Waals surface area contributed by atoms with Gasteiger partial charge in [-0.3, -0.25) is 14.4 Å². The standard InChI is InChI=1S/C31H35NO7/c1-22(33)38-29-27(32-37-21-26-16-10-5-11-17-26)18-28(35-19-24-12-6-3-7-13-24)30(39-23(2)34)31(29)36-20-25-14-8-4-9-15-25/h3-17,27-32H,18-21H2,1-2H3/t27-,28+,29-,30+,31+/m0/s1. The number of hydroxylamine groups is 1. The minimum absolute atomic E-state index is 0.226. The smallest absolute Gasteiger partial charge is 0.303 e. The van der Waals surface area contributed by atoms with Gasteiger partial charge < -0.3 is 18.9 Å². The van der Waals surface area contributed by atoms with Crippen molar-refractivity contribution < 1.29 is 33.4 Å². The Morgan fingerprint density at radius 1 is 0.641 bits per heavy atom. The first-order valence-corrected chi connectivity index (χ1v) is 13.1. The van der Waals surface area contributed by atoms with E-state index in [1.54, 1.807) is 0 Å². The Labute approximate surface area is 229 Å². The van der Waals surface area contributed by atoms with Crippen LogP contribution in [0.1, 0.15) is 37.0 Å². The first-order valence-electron chi connectivity index (χ1n) is 13.1. The van der Waals surface area contributed by atoms with Crippen molar-refractivity contribution in [3.8, 4) is 0 Å². The number of hydrogen-bond donors (Lipinski definition) is 1. The average molecular weight is 534 g/mol. The molecular formula is C31H35NO7. The molecule has 1 aliphatic carbocycles. The molecule has 0 radical (unpaired) electrons. The van der Waals surface area contributed by atoms with Crippen LogP contribution >= 0.6 is 0 Å². The van der Waals surface area contributed by atoms with Crippen LogP contribution in [0.2, 0.25) is 0 Å². The molecule has 3 aromatic carbocycles. The summed E-state index contributed by atoms with van der Waals surface area (Å²) in [6, 6.07) is 28.6. The summed E-state index contributed by atoms with van der Waals surface area (Å²) in [7, 11) is 0. The van der Waals surface area contributed by atoms with E-state index in [9.17, 15) is 9.59 Å². The van der Waals surface area contributed by atoms with Crippen LogP contribution in [0.25, 0.3) is 0 Å². The molecule has 0 bridgehead atoms. The molecule has 0 unspecified atom stereocenters. The molecule has 4 rings (SSSR count). The van der Waals surface area contributed by atoms with Crippen molar-refractivity contribution in [1.82, 2.24) is 5.48 Å². The van der Waals surface area contributed by atoms with Crippen molar-refractivity contribution in [2.24, 2.45) is 0 Å². The number of carbonyl (C=O) groups is 2. The summed E-state index contributed by atoms with van der Waals surface area (Å²) in [5.41, 5.74) is 5.97. The largest absolute Gasteiger partial charge is 0.458 e. The number of hydrogen-bond acceptors (Lipinski definition) is 8. The van der Waals surface area contributed by atoms with Crippen LogP contribution in [0.15, 0.2) is 91.0 Å². The van der Waals surface area contributed by atoms with Gasteiger partial charge >= 0.3 is 11.9 Å². The van der Waals surface area contributed by atoms with E-state index in [4.69, 9.17) is 23.8 Å². The molecule has 39 heavy (non-hydrogen) atoms. The number of esters is 2. The molecule has 206 valence electrons. The van der Waals surface area contributed by atoms with Crippen molar-refractivity contribution in [2.45, 2.75) is 70.5 Å². The second-order valence-corrected chi connectivity index (χ2v) is 9.48. The van der Waals surface area contributed by atoms with Gasteiger partial charge in [0.2, 0.25) is 0 Å². The van der Waals surface area contributed by atoms with E-state index in [2.05, 4.69) is 5.48 Å². The summed E-state index contributed by atoms with van der Waals surface area (Å²) < 4.78 is 24.2. The fourth-order valence-corrected chi connectivity index (χ4v) is 4.64. The highest BCUT2D eigenvalue weighted by molar-refractivity contribution is 5.67. The highest BCUT2D eigenvalue weighted by atomic mass is 16.7. The predicted molar refractivity (Wildman–Crippen MR) is 144 cm³/mol. The number of nitrogens with one attached hydrogen (secondary N) is 1. The molecular weight excluding hydrogens is 498 g/mol. The van der Waals surface area contributed by atoms with Gasteiger partial charge in [-0.25, -0.2) is 0 Å². The van der Waals surface area contributed by atoms with Crippen LogP contribution in [-0.4, -0.2) is 42.4 Å². The summed E-state index contributed by atoms with van der Waals surface area (Å²) in [6.07, 6.45) is -2.64. The van der Waals surface area contributed by atoms with E-state index in [0.29, 0.717) is 19.6 Å². The first-order chi connectivity index (χ1) is 19.0. The van der Waals surface area contributed by atoms with Crippen molar-refractivity contribution in [3.63, 3.8) is 0 Å². The third-order valence-corrected chi connectivity index (χ3v) is 6.41. The topological polar surface area (TPSA) is 92.3 Å². The molecule has 0 heterocycles. The Bertz CT molecular complexity index is 1160. The van der Waals surface area contributed by atoms with Crippen LogP contribution in [0, 0.1) is 0 Å². The lowest BCUT2D eigenvalue weighted by molar-refractivity contribution is -0.224. The molecule has 3 aromatic rings. The van der Waals surface area contributed by atoms with Gasteiger partial charge in [0.05, 0.1) is 32.0 Å². The molecule has 1 N–H and O–H groups in total. The van der Waals surface area contributed by atoms with Crippen LogP contribution in [0.5, 0.6) is 0 Å². The molecule has 0 aliphatic heterocycles. The quantitative estimate of drug-likeness (QED) is 0.269.